The van der Waals surface area contributed by atoms with Crippen molar-refractivity contribution in [3.63, 3.8) is 0 Å². The summed E-state index contributed by atoms with van der Waals surface area (Å²) in [4.78, 5) is 13.8. The van der Waals surface area contributed by atoms with Crippen LogP contribution in [0.15, 0.2) is 16.5 Å². The molecule has 0 atom stereocenters. The fourth-order valence-corrected chi connectivity index (χ4v) is 3.10. The summed E-state index contributed by atoms with van der Waals surface area (Å²) in [5.41, 5.74) is 5.43. The molecule has 0 unspecified atom stereocenters. The molecule has 0 saturated carbocycles. The molecule has 7 nitrogen and oxygen atoms in total. The molecule has 0 aliphatic carbocycles. The van der Waals surface area contributed by atoms with Crippen LogP contribution in [0.4, 0.5) is 0 Å². The van der Waals surface area contributed by atoms with Gasteiger partial charge in [-0.05, 0) is 25.0 Å². The summed E-state index contributed by atoms with van der Waals surface area (Å²) >= 11 is 0. The van der Waals surface area contributed by atoms with Crippen molar-refractivity contribution in [1.29, 1.82) is 0 Å². The minimum absolute atomic E-state index is 0.106. The lowest BCUT2D eigenvalue weighted by Gasteiger charge is -2.31. The minimum Gasteiger partial charge on any atom is -0.455 e. The van der Waals surface area contributed by atoms with Gasteiger partial charge in [0.2, 0.25) is 10.0 Å². The van der Waals surface area contributed by atoms with Crippen molar-refractivity contribution in [2.75, 3.05) is 19.3 Å². The van der Waals surface area contributed by atoms with E-state index in [-0.39, 0.29) is 24.3 Å². The van der Waals surface area contributed by atoms with Crippen molar-refractivity contribution in [3.05, 3.63) is 23.7 Å². The quantitative estimate of drug-likeness (QED) is 0.807. The van der Waals surface area contributed by atoms with Gasteiger partial charge in [-0.15, -0.1) is 0 Å². The number of rotatable bonds is 4. The highest BCUT2D eigenvalue weighted by Gasteiger charge is 2.26. The van der Waals surface area contributed by atoms with Crippen molar-refractivity contribution < 1.29 is 17.6 Å². The molecule has 1 amide bonds. The van der Waals surface area contributed by atoms with Gasteiger partial charge in [-0.25, -0.2) is 13.1 Å². The van der Waals surface area contributed by atoms with Gasteiger partial charge >= 0.3 is 0 Å². The number of sulfonamides is 1. The molecule has 1 aliphatic rings. The van der Waals surface area contributed by atoms with Crippen LogP contribution in [0.2, 0.25) is 0 Å². The Labute approximate surface area is 118 Å². The lowest BCUT2D eigenvalue weighted by Crippen LogP contribution is -2.46. The molecule has 2 heterocycles. The number of carbonyl (C=O) groups is 1. The van der Waals surface area contributed by atoms with E-state index in [4.69, 9.17) is 10.2 Å². The fraction of sp³-hybridized carbons (Fsp3) is 0.583. The van der Waals surface area contributed by atoms with Gasteiger partial charge in [0.15, 0.2) is 5.76 Å². The van der Waals surface area contributed by atoms with Crippen LogP contribution in [0.5, 0.6) is 0 Å². The van der Waals surface area contributed by atoms with Crippen LogP contribution in [-0.2, 0) is 16.6 Å². The van der Waals surface area contributed by atoms with Crippen molar-refractivity contribution in [2.45, 2.75) is 25.4 Å². The molecular weight excluding hydrogens is 282 g/mol. The summed E-state index contributed by atoms with van der Waals surface area (Å²) in [5.74, 6) is 0.671. The molecule has 1 aliphatic heterocycles. The molecule has 1 aromatic rings. The third kappa shape index (κ3) is 3.81. The Hall–Kier alpha value is -1.38. The first-order valence-electron chi connectivity index (χ1n) is 6.44. The van der Waals surface area contributed by atoms with E-state index in [1.54, 1.807) is 17.0 Å². The maximum Gasteiger partial charge on any atom is 0.289 e. The number of furan rings is 1. The molecule has 1 aromatic heterocycles. The predicted molar refractivity (Wildman–Crippen MR) is 73.5 cm³/mol. The summed E-state index contributed by atoms with van der Waals surface area (Å²) < 4.78 is 30.2. The fourth-order valence-electron chi connectivity index (χ4n) is 2.26. The van der Waals surface area contributed by atoms with Crippen LogP contribution in [-0.4, -0.2) is 44.6 Å². The molecule has 112 valence electrons. The number of piperidine rings is 1. The SMILES string of the molecule is CS(=O)(=O)NC1CCN(C(=O)c2ccc(CN)o2)CC1. The largest absolute Gasteiger partial charge is 0.455 e. The van der Waals surface area contributed by atoms with Crippen molar-refractivity contribution in [1.82, 2.24) is 9.62 Å². The highest BCUT2D eigenvalue weighted by molar-refractivity contribution is 7.88. The van der Waals surface area contributed by atoms with E-state index in [1.807, 2.05) is 0 Å². The number of carbonyl (C=O) groups excluding carboxylic acids is 1. The second kappa shape index (κ2) is 5.94. The van der Waals surface area contributed by atoms with Crippen LogP contribution in [0.3, 0.4) is 0 Å². The molecule has 1 saturated heterocycles. The Morgan fingerprint density at radius 3 is 2.60 bits per heavy atom. The summed E-state index contributed by atoms with van der Waals surface area (Å²) in [6.07, 6.45) is 2.34. The predicted octanol–water partition coefficient (Wildman–Crippen LogP) is -0.108. The van der Waals surface area contributed by atoms with Gasteiger partial charge in [0.05, 0.1) is 12.8 Å². The third-order valence-corrected chi connectivity index (χ3v) is 4.00. The van der Waals surface area contributed by atoms with Gasteiger partial charge < -0.3 is 15.1 Å². The molecule has 0 bridgehead atoms. The monoisotopic (exact) mass is 301 g/mol. The number of likely N-dealkylation sites (tertiary alicyclic amines) is 1. The van der Waals surface area contributed by atoms with Crippen molar-refractivity contribution in [2.24, 2.45) is 5.73 Å². The summed E-state index contributed by atoms with van der Waals surface area (Å²) in [6.45, 7) is 1.27. The Bertz CT molecular complexity index is 573. The summed E-state index contributed by atoms with van der Waals surface area (Å²) in [7, 11) is -3.20. The number of hydrogen-bond acceptors (Lipinski definition) is 5. The summed E-state index contributed by atoms with van der Waals surface area (Å²) in [5, 5.41) is 0. The van der Waals surface area contributed by atoms with Gasteiger partial charge in [0.25, 0.3) is 5.91 Å². The van der Waals surface area contributed by atoms with Gasteiger partial charge in [0, 0.05) is 19.1 Å². The van der Waals surface area contributed by atoms with E-state index in [9.17, 15) is 13.2 Å². The lowest BCUT2D eigenvalue weighted by atomic mass is 10.1. The molecule has 20 heavy (non-hydrogen) atoms. The molecule has 0 radical (unpaired) electrons. The Morgan fingerprint density at radius 1 is 1.45 bits per heavy atom. The van der Waals surface area contributed by atoms with Gasteiger partial charge in [0.1, 0.15) is 5.76 Å². The van der Waals surface area contributed by atoms with E-state index in [0.717, 1.165) is 6.26 Å². The number of hydrogen-bond donors (Lipinski definition) is 2. The Kier molecular flexibility index (Phi) is 4.46. The third-order valence-electron chi connectivity index (χ3n) is 3.24. The van der Waals surface area contributed by atoms with E-state index in [2.05, 4.69) is 4.72 Å². The maximum atomic E-state index is 12.2. The normalized spacial score (nSPS) is 17.4. The van der Waals surface area contributed by atoms with Crippen LogP contribution in [0.25, 0.3) is 0 Å². The zero-order valence-electron chi connectivity index (χ0n) is 11.3. The minimum atomic E-state index is -3.20. The number of nitrogens with two attached hydrogens (primary N) is 1. The van der Waals surface area contributed by atoms with Crippen molar-refractivity contribution in [3.8, 4) is 0 Å². The average molecular weight is 301 g/mol. The zero-order valence-corrected chi connectivity index (χ0v) is 12.1. The summed E-state index contributed by atoms with van der Waals surface area (Å²) in [6, 6.07) is 3.20. The highest BCUT2D eigenvalue weighted by atomic mass is 32.2. The maximum absolute atomic E-state index is 12.2. The van der Waals surface area contributed by atoms with E-state index in [0.29, 0.717) is 31.7 Å². The number of nitrogens with one attached hydrogen (secondary N) is 1. The Morgan fingerprint density at radius 2 is 2.10 bits per heavy atom. The smallest absolute Gasteiger partial charge is 0.289 e. The second-order valence-corrected chi connectivity index (χ2v) is 6.71. The van der Waals surface area contributed by atoms with E-state index >= 15 is 0 Å². The van der Waals surface area contributed by atoms with Crippen molar-refractivity contribution >= 4 is 15.9 Å². The van der Waals surface area contributed by atoms with Gasteiger partial charge in [-0.3, -0.25) is 4.79 Å². The molecule has 8 heteroatoms. The van der Waals surface area contributed by atoms with E-state index in [1.165, 1.54) is 0 Å². The van der Waals surface area contributed by atoms with E-state index < -0.39 is 10.0 Å². The first kappa shape index (κ1) is 15.0. The van der Waals surface area contributed by atoms with Crippen LogP contribution in [0, 0.1) is 0 Å². The van der Waals surface area contributed by atoms with Gasteiger partial charge in [-0.2, -0.15) is 0 Å². The topological polar surface area (TPSA) is 106 Å². The Balaban J connectivity index is 1.91. The highest BCUT2D eigenvalue weighted by Crippen LogP contribution is 2.16. The van der Waals surface area contributed by atoms with Crippen LogP contribution >= 0.6 is 0 Å². The second-order valence-electron chi connectivity index (χ2n) is 4.93. The van der Waals surface area contributed by atoms with Crippen LogP contribution in [0.1, 0.15) is 29.2 Å². The molecule has 3 N–H and O–H groups in total. The molecule has 0 aromatic carbocycles. The average Bonchev–Trinajstić information content (AvgIpc) is 2.85. The molecule has 2 rings (SSSR count). The van der Waals surface area contributed by atoms with Crippen LogP contribution < -0.4 is 10.5 Å². The zero-order chi connectivity index (χ0) is 14.8. The van der Waals surface area contributed by atoms with Gasteiger partial charge in [-0.1, -0.05) is 0 Å². The first-order chi connectivity index (χ1) is 9.39. The molecule has 1 fully saturated rings. The first-order valence-corrected chi connectivity index (χ1v) is 8.33. The number of amides is 1. The molecular formula is C12H19N3O4S. The standard InChI is InChI=1S/C12H19N3O4S/c1-20(17,18)14-9-4-6-15(7-5-9)12(16)11-3-2-10(8-13)19-11/h2-3,9,14H,4-8,13H2,1H3. The molecule has 0 spiro atoms. The lowest BCUT2D eigenvalue weighted by molar-refractivity contribution is 0.0677. The number of nitrogens with zero attached hydrogens (tertiary/aromatic N) is 1.